The first-order chi connectivity index (χ1) is 22.9. The average Bonchev–Trinajstić information content (AvgIpc) is 3.84. The third-order valence-electron chi connectivity index (χ3n) is 9.13. The Morgan fingerprint density at radius 3 is 1.31 bits per heavy atom. The molecule has 2 aliphatic rings. The Kier molecular flexibility index (Phi) is 5.72. The predicted molar refractivity (Wildman–Crippen MR) is 177 cm³/mol. The van der Waals surface area contributed by atoms with Crippen molar-refractivity contribution in [2.24, 2.45) is 14.1 Å². The van der Waals surface area contributed by atoms with E-state index in [1.807, 2.05) is 35.4 Å². The molecule has 12 heteroatoms. The number of aromatic nitrogens is 2. The fourth-order valence-electron chi connectivity index (χ4n) is 6.90. The molecule has 0 saturated carbocycles. The van der Waals surface area contributed by atoms with Gasteiger partial charge in [0, 0.05) is 69.0 Å². The van der Waals surface area contributed by atoms with Gasteiger partial charge in [-0.25, -0.2) is 17.6 Å². The first-order valence-corrected chi connectivity index (χ1v) is 16.1. The van der Waals surface area contributed by atoms with Crippen LogP contribution in [0.4, 0.5) is 17.6 Å². The molecule has 0 fully saturated rings. The Hall–Kier alpha value is -5.46. The van der Waals surface area contributed by atoms with E-state index in [1.165, 1.54) is 34.8 Å². The number of hydrogen-bond acceptors (Lipinski definition) is 6. The Morgan fingerprint density at radius 1 is 0.521 bits per heavy atom. The van der Waals surface area contributed by atoms with Crippen LogP contribution in [0.5, 0.6) is 0 Å². The molecular formula is C36H16F4N2O4S2. The van der Waals surface area contributed by atoms with E-state index in [1.54, 1.807) is 0 Å². The van der Waals surface area contributed by atoms with Gasteiger partial charge in [0.25, 0.3) is 0 Å². The lowest BCUT2D eigenvalue weighted by atomic mass is 10.1. The summed E-state index contributed by atoms with van der Waals surface area (Å²) in [5, 5.41) is 1.87. The zero-order chi connectivity index (χ0) is 33.5. The van der Waals surface area contributed by atoms with E-state index in [9.17, 15) is 36.7 Å². The molecular weight excluding hydrogens is 665 g/mol. The number of carbonyl (C=O) groups excluding carboxylic acids is 4. The maximum absolute atomic E-state index is 14.4. The van der Waals surface area contributed by atoms with Gasteiger partial charge in [-0.2, -0.15) is 0 Å². The maximum Gasteiger partial charge on any atom is 0.237 e. The zero-order valence-corrected chi connectivity index (χ0v) is 26.3. The van der Waals surface area contributed by atoms with Crippen molar-refractivity contribution in [3.8, 4) is 0 Å². The smallest absolute Gasteiger partial charge is 0.237 e. The largest absolute Gasteiger partial charge is 0.343 e. The number of rotatable bonds is 2. The second kappa shape index (κ2) is 9.55. The highest BCUT2D eigenvalue weighted by molar-refractivity contribution is 7.21. The first-order valence-electron chi connectivity index (χ1n) is 14.5. The minimum Gasteiger partial charge on any atom is -0.343 e. The van der Waals surface area contributed by atoms with E-state index in [0.717, 1.165) is 54.4 Å². The van der Waals surface area contributed by atoms with Crippen molar-refractivity contribution >= 4 is 111 Å². The van der Waals surface area contributed by atoms with Crippen molar-refractivity contribution in [1.82, 2.24) is 9.13 Å². The number of ketones is 4. The number of carbonyl (C=O) groups is 4. The third kappa shape index (κ3) is 3.72. The molecule has 0 aliphatic heterocycles. The molecule has 4 heterocycles. The summed E-state index contributed by atoms with van der Waals surface area (Å²) in [4.78, 5) is 51.8. The Morgan fingerprint density at radius 2 is 0.917 bits per heavy atom. The summed E-state index contributed by atoms with van der Waals surface area (Å²) in [6.45, 7) is 0. The van der Waals surface area contributed by atoms with Crippen LogP contribution in [0.3, 0.4) is 0 Å². The molecule has 0 N–H and O–H groups in total. The van der Waals surface area contributed by atoms with E-state index < -0.39 is 57.5 Å². The van der Waals surface area contributed by atoms with Gasteiger partial charge in [0.05, 0.1) is 42.6 Å². The average molecular weight is 681 g/mol. The van der Waals surface area contributed by atoms with Crippen LogP contribution in [0.2, 0.25) is 0 Å². The maximum atomic E-state index is 14.4. The van der Waals surface area contributed by atoms with E-state index in [-0.39, 0.29) is 22.3 Å². The van der Waals surface area contributed by atoms with Crippen LogP contribution in [-0.2, 0) is 23.7 Å². The molecule has 9 rings (SSSR count). The summed E-state index contributed by atoms with van der Waals surface area (Å²) in [5.74, 6) is -7.66. The second-order valence-electron chi connectivity index (χ2n) is 11.8. The molecule has 4 aromatic heterocycles. The van der Waals surface area contributed by atoms with Crippen LogP contribution in [0, 0.1) is 23.3 Å². The number of nitrogens with zero attached hydrogens (tertiary/aromatic N) is 2. The number of hydrogen-bond donors (Lipinski definition) is 0. The Bertz CT molecular complexity index is 2630. The molecule has 0 radical (unpaired) electrons. The lowest BCUT2D eigenvalue weighted by Crippen LogP contribution is -2.07. The van der Waals surface area contributed by atoms with Gasteiger partial charge < -0.3 is 9.13 Å². The summed E-state index contributed by atoms with van der Waals surface area (Å²) in [7, 11) is 3.79. The number of fused-ring (bicyclic) bond motifs is 8. The van der Waals surface area contributed by atoms with Gasteiger partial charge in [-0.3, -0.25) is 19.2 Å². The van der Waals surface area contributed by atoms with Gasteiger partial charge in [-0.1, -0.05) is 0 Å². The highest BCUT2D eigenvalue weighted by Gasteiger charge is 2.38. The number of Topliss-reactive ketones (excluding diaryl/α,β-unsaturated/α-hetero) is 4. The standard InChI is InChI=1S/C36H16F4N2O4S2/c1-41-25-11-22-26(42(2)28-10-16(48-36(22)28)8-20-18-4-14(38)6-24(40)30(18)34(46)32(20)44)12-21(25)35-27(41)9-15(47-35)7-19-17-3-13(37)5-23(39)29(17)33(45)31(19)43/h3-12H,1-2H3/b19-7-,20-8-. The summed E-state index contributed by atoms with van der Waals surface area (Å²) in [6.07, 6.45) is 3.00. The minimum absolute atomic E-state index is 0.0532. The Balaban J connectivity index is 1.17. The molecule has 0 amide bonds. The van der Waals surface area contributed by atoms with Crippen molar-refractivity contribution in [2.75, 3.05) is 0 Å². The topological polar surface area (TPSA) is 78.1 Å². The predicted octanol–water partition coefficient (Wildman–Crippen LogP) is 8.27. The fraction of sp³-hybridized carbons (Fsp3) is 0.0556. The first kappa shape index (κ1) is 28.7. The van der Waals surface area contributed by atoms with E-state index in [0.29, 0.717) is 21.9 Å². The summed E-state index contributed by atoms with van der Waals surface area (Å²) in [5.41, 5.74) is 2.50. The van der Waals surface area contributed by atoms with Crippen LogP contribution in [0.1, 0.15) is 41.6 Å². The van der Waals surface area contributed by atoms with Gasteiger partial charge in [-0.15, -0.1) is 22.7 Å². The number of halogens is 4. The highest BCUT2D eigenvalue weighted by Crippen LogP contribution is 2.44. The lowest BCUT2D eigenvalue weighted by molar-refractivity contribution is -0.110. The number of thiophene rings is 2. The van der Waals surface area contributed by atoms with Crippen LogP contribution >= 0.6 is 22.7 Å². The van der Waals surface area contributed by atoms with E-state index in [2.05, 4.69) is 12.1 Å². The van der Waals surface area contributed by atoms with Gasteiger partial charge in [0.15, 0.2) is 0 Å². The molecule has 7 aromatic rings. The SMILES string of the molecule is Cn1c2cc3c4sc(/C=C5\C(=O)C(=O)c6c(F)cc(F)cc65)cc4n(C)c3cc2c2sc(/C=C3\C(=O)C(=O)c4c(F)cc(F)cc43)cc21. The summed E-state index contributed by atoms with van der Waals surface area (Å²) >= 11 is 2.77. The molecule has 0 saturated heterocycles. The van der Waals surface area contributed by atoms with Crippen molar-refractivity contribution in [3.05, 3.63) is 104 Å². The molecule has 234 valence electrons. The normalized spacial score (nSPS) is 16.4. The summed E-state index contributed by atoms with van der Waals surface area (Å²) < 4.78 is 62.6. The van der Waals surface area contributed by atoms with Crippen LogP contribution in [-0.4, -0.2) is 32.3 Å². The van der Waals surface area contributed by atoms with Crippen molar-refractivity contribution in [2.45, 2.75) is 0 Å². The number of aryl methyl sites for hydroxylation is 2. The second-order valence-corrected chi connectivity index (χ2v) is 14.0. The third-order valence-corrected chi connectivity index (χ3v) is 11.3. The highest BCUT2D eigenvalue weighted by atomic mass is 32.1. The number of allylic oxidation sites excluding steroid dienone is 2. The fourth-order valence-corrected chi connectivity index (χ4v) is 9.22. The molecule has 0 atom stereocenters. The summed E-state index contributed by atoms with van der Waals surface area (Å²) in [6, 6.07) is 11.0. The van der Waals surface area contributed by atoms with Crippen molar-refractivity contribution in [1.29, 1.82) is 0 Å². The molecule has 48 heavy (non-hydrogen) atoms. The van der Waals surface area contributed by atoms with Gasteiger partial charge in [0.2, 0.25) is 23.1 Å². The quantitative estimate of drug-likeness (QED) is 0.105. The van der Waals surface area contributed by atoms with E-state index in [4.69, 9.17) is 0 Å². The Labute approximate surface area is 274 Å². The number of benzene rings is 3. The lowest BCUT2D eigenvalue weighted by Gasteiger charge is -2.02. The van der Waals surface area contributed by atoms with Gasteiger partial charge >= 0.3 is 0 Å². The van der Waals surface area contributed by atoms with Crippen molar-refractivity contribution < 1.29 is 36.7 Å². The molecule has 0 spiro atoms. The van der Waals surface area contributed by atoms with Crippen molar-refractivity contribution in [3.63, 3.8) is 0 Å². The molecule has 0 unspecified atom stereocenters. The van der Waals surface area contributed by atoms with E-state index >= 15 is 0 Å². The van der Waals surface area contributed by atoms with Crippen LogP contribution < -0.4 is 0 Å². The van der Waals surface area contributed by atoms with Crippen LogP contribution in [0.25, 0.3) is 65.5 Å². The molecule has 3 aromatic carbocycles. The minimum atomic E-state index is -1.07. The van der Waals surface area contributed by atoms with Gasteiger partial charge in [-0.05, 0) is 48.6 Å². The zero-order valence-electron chi connectivity index (χ0n) is 24.6. The van der Waals surface area contributed by atoms with Crippen LogP contribution in [0.15, 0.2) is 48.5 Å². The molecule has 2 aliphatic carbocycles. The monoisotopic (exact) mass is 680 g/mol. The van der Waals surface area contributed by atoms with Gasteiger partial charge in [0.1, 0.15) is 23.3 Å². The molecule has 0 bridgehead atoms. The molecule has 6 nitrogen and oxygen atoms in total.